The third-order valence-electron chi connectivity index (χ3n) is 1.93. The van der Waals surface area contributed by atoms with Crippen molar-refractivity contribution in [2.24, 2.45) is 0 Å². The smallest absolute Gasteiger partial charge is 0.341 e. The first kappa shape index (κ1) is 14.4. The monoisotopic (exact) mass is 222 g/mol. The molecule has 0 radical (unpaired) electrons. The van der Waals surface area contributed by atoms with Crippen LogP contribution < -0.4 is 0 Å². The average Bonchev–Trinajstić information content (AvgIpc) is 2.25. The Bertz CT molecular complexity index is 335. The molecule has 0 unspecified atom stereocenters. The minimum Gasteiger partial charge on any atom is -0.386 e. The molecule has 0 aliphatic carbocycles. The Balaban J connectivity index is 4.40. The number of esters is 2. The predicted molar refractivity (Wildman–Crippen MR) is 63.7 cm³/mol. The van der Waals surface area contributed by atoms with Gasteiger partial charge in [0.1, 0.15) is 0 Å². The van der Waals surface area contributed by atoms with Gasteiger partial charge in [-0.2, -0.15) is 0 Å². The van der Waals surface area contributed by atoms with E-state index in [0.717, 1.165) is 6.42 Å². The summed E-state index contributed by atoms with van der Waals surface area (Å²) < 4.78 is 4.67. The van der Waals surface area contributed by atoms with Crippen LogP contribution in [-0.4, -0.2) is 11.9 Å². The lowest BCUT2D eigenvalue weighted by Crippen LogP contribution is -2.14. The molecular formula is C13H18O3. The van der Waals surface area contributed by atoms with Crippen molar-refractivity contribution in [3.63, 3.8) is 0 Å². The summed E-state index contributed by atoms with van der Waals surface area (Å²) in [4.78, 5) is 22.8. The first-order valence-corrected chi connectivity index (χ1v) is 5.23. The molecule has 0 spiro atoms. The number of allylic oxidation sites excluding steroid dienone is 3. The highest BCUT2D eigenvalue weighted by molar-refractivity contribution is 6.01. The first-order chi connectivity index (χ1) is 7.52. The molecule has 16 heavy (non-hydrogen) atoms. The van der Waals surface area contributed by atoms with E-state index in [1.165, 1.54) is 0 Å². The van der Waals surface area contributed by atoms with Crippen LogP contribution in [0.1, 0.15) is 33.6 Å². The van der Waals surface area contributed by atoms with Crippen LogP contribution in [0.4, 0.5) is 0 Å². The van der Waals surface area contributed by atoms with Crippen LogP contribution in [0, 0.1) is 0 Å². The molecule has 0 bridgehead atoms. The molecule has 0 aromatic carbocycles. The standard InChI is InChI=1S/C13H18O3/c1-5-7-9-11(4)13(15)16-12(14)10(3)8-6-2/h5,8-9H,1,6-7H2,2-4H3. The summed E-state index contributed by atoms with van der Waals surface area (Å²) in [5.74, 6) is -1.19. The van der Waals surface area contributed by atoms with Gasteiger partial charge in [-0.15, -0.1) is 6.58 Å². The van der Waals surface area contributed by atoms with Crippen LogP contribution in [-0.2, 0) is 14.3 Å². The quantitative estimate of drug-likeness (QED) is 0.311. The second-order valence-corrected chi connectivity index (χ2v) is 3.38. The Morgan fingerprint density at radius 3 is 2.06 bits per heavy atom. The molecule has 0 heterocycles. The third kappa shape index (κ3) is 5.29. The molecule has 0 aromatic rings. The van der Waals surface area contributed by atoms with Gasteiger partial charge in [0.25, 0.3) is 0 Å². The van der Waals surface area contributed by atoms with E-state index in [4.69, 9.17) is 0 Å². The van der Waals surface area contributed by atoms with E-state index in [-0.39, 0.29) is 0 Å². The van der Waals surface area contributed by atoms with Crippen molar-refractivity contribution in [3.8, 4) is 0 Å². The van der Waals surface area contributed by atoms with Gasteiger partial charge >= 0.3 is 11.9 Å². The summed E-state index contributed by atoms with van der Waals surface area (Å²) in [5.41, 5.74) is 0.866. The van der Waals surface area contributed by atoms with Crippen molar-refractivity contribution in [1.82, 2.24) is 0 Å². The molecule has 0 amide bonds. The van der Waals surface area contributed by atoms with Gasteiger partial charge in [0.15, 0.2) is 0 Å². The maximum absolute atomic E-state index is 11.4. The van der Waals surface area contributed by atoms with Gasteiger partial charge in [-0.3, -0.25) is 0 Å². The summed E-state index contributed by atoms with van der Waals surface area (Å²) in [6, 6.07) is 0. The lowest BCUT2D eigenvalue weighted by Gasteiger charge is -2.02. The van der Waals surface area contributed by atoms with E-state index in [0.29, 0.717) is 17.6 Å². The normalized spacial score (nSPS) is 12.2. The molecule has 3 nitrogen and oxygen atoms in total. The molecule has 0 saturated heterocycles. The second kappa shape index (κ2) is 7.63. The highest BCUT2D eigenvalue weighted by atomic mass is 16.6. The molecule has 0 aliphatic heterocycles. The largest absolute Gasteiger partial charge is 0.386 e. The van der Waals surface area contributed by atoms with Gasteiger partial charge in [0.2, 0.25) is 0 Å². The summed E-state index contributed by atoms with van der Waals surface area (Å²) in [7, 11) is 0. The minimum atomic E-state index is -0.601. The molecule has 88 valence electrons. The fraction of sp³-hybridized carbons (Fsp3) is 0.385. The number of carbonyl (C=O) groups excluding carboxylic acids is 2. The third-order valence-corrected chi connectivity index (χ3v) is 1.93. The SMILES string of the molecule is C=CCC=C(C)C(=O)OC(=O)C(C)=CCC. The lowest BCUT2D eigenvalue weighted by atomic mass is 10.2. The minimum absolute atomic E-state index is 0.414. The highest BCUT2D eigenvalue weighted by Gasteiger charge is 2.12. The lowest BCUT2D eigenvalue weighted by molar-refractivity contribution is -0.153. The fourth-order valence-corrected chi connectivity index (χ4v) is 0.978. The van der Waals surface area contributed by atoms with E-state index < -0.39 is 11.9 Å². The van der Waals surface area contributed by atoms with Crippen molar-refractivity contribution in [2.45, 2.75) is 33.6 Å². The van der Waals surface area contributed by atoms with Crippen LogP contribution in [0.15, 0.2) is 36.0 Å². The van der Waals surface area contributed by atoms with Crippen molar-refractivity contribution in [1.29, 1.82) is 0 Å². The molecule has 3 heteroatoms. The van der Waals surface area contributed by atoms with Gasteiger partial charge in [-0.1, -0.05) is 25.2 Å². The first-order valence-electron chi connectivity index (χ1n) is 5.23. The molecule has 0 saturated carbocycles. The van der Waals surface area contributed by atoms with Crippen LogP contribution in [0.25, 0.3) is 0 Å². The molecule has 0 aromatic heterocycles. The topological polar surface area (TPSA) is 43.4 Å². The van der Waals surface area contributed by atoms with Crippen molar-refractivity contribution >= 4 is 11.9 Å². The Labute approximate surface area is 96.5 Å². The van der Waals surface area contributed by atoms with Crippen LogP contribution in [0.2, 0.25) is 0 Å². The van der Waals surface area contributed by atoms with E-state index in [1.54, 1.807) is 32.1 Å². The Hall–Kier alpha value is -1.64. The number of carbonyl (C=O) groups is 2. The van der Waals surface area contributed by atoms with Gasteiger partial charge < -0.3 is 4.74 Å². The Morgan fingerprint density at radius 1 is 1.12 bits per heavy atom. The zero-order chi connectivity index (χ0) is 12.6. The summed E-state index contributed by atoms with van der Waals surface area (Å²) >= 11 is 0. The van der Waals surface area contributed by atoms with Gasteiger partial charge in [-0.05, 0) is 26.7 Å². The predicted octanol–water partition coefficient (Wildman–Crippen LogP) is 2.93. The zero-order valence-corrected chi connectivity index (χ0v) is 10.1. The summed E-state index contributed by atoms with van der Waals surface area (Å²) in [5, 5.41) is 0. The molecule has 0 N–H and O–H groups in total. The van der Waals surface area contributed by atoms with Gasteiger partial charge in [0, 0.05) is 11.1 Å². The maximum Gasteiger partial charge on any atom is 0.341 e. The highest BCUT2D eigenvalue weighted by Crippen LogP contribution is 2.04. The summed E-state index contributed by atoms with van der Waals surface area (Å²) in [6.07, 6.45) is 6.38. The second-order valence-electron chi connectivity index (χ2n) is 3.38. The molecule has 0 atom stereocenters. The Morgan fingerprint density at radius 2 is 1.62 bits per heavy atom. The van der Waals surface area contributed by atoms with E-state index in [2.05, 4.69) is 11.3 Å². The molecular weight excluding hydrogens is 204 g/mol. The number of hydrogen-bond acceptors (Lipinski definition) is 3. The summed E-state index contributed by atoms with van der Waals surface area (Å²) in [6.45, 7) is 8.68. The molecule has 0 aliphatic rings. The van der Waals surface area contributed by atoms with Crippen LogP contribution in [0.3, 0.4) is 0 Å². The number of hydrogen-bond donors (Lipinski definition) is 0. The Kier molecular flexibility index (Phi) is 6.84. The van der Waals surface area contributed by atoms with Crippen molar-refractivity contribution < 1.29 is 14.3 Å². The maximum atomic E-state index is 11.4. The van der Waals surface area contributed by atoms with E-state index in [1.807, 2.05) is 6.92 Å². The number of ether oxygens (including phenoxy) is 1. The van der Waals surface area contributed by atoms with Crippen LogP contribution >= 0.6 is 0 Å². The van der Waals surface area contributed by atoms with Gasteiger partial charge in [-0.25, -0.2) is 9.59 Å². The van der Waals surface area contributed by atoms with Gasteiger partial charge in [0.05, 0.1) is 0 Å². The zero-order valence-electron chi connectivity index (χ0n) is 10.1. The molecule has 0 rings (SSSR count). The fourth-order valence-electron chi connectivity index (χ4n) is 0.978. The van der Waals surface area contributed by atoms with E-state index in [9.17, 15) is 9.59 Å². The van der Waals surface area contributed by atoms with E-state index >= 15 is 0 Å². The number of rotatable bonds is 5. The van der Waals surface area contributed by atoms with Crippen LogP contribution in [0.5, 0.6) is 0 Å². The molecule has 0 fully saturated rings. The van der Waals surface area contributed by atoms with Crippen molar-refractivity contribution in [2.75, 3.05) is 0 Å². The average molecular weight is 222 g/mol. The van der Waals surface area contributed by atoms with Crippen molar-refractivity contribution in [3.05, 3.63) is 36.0 Å².